The molecule has 0 amide bonds. The summed E-state index contributed by atoms with van der Waals surface area (Å²) >= 11 is 0. The first-order valence-corrected chi connectivity index (χ1v) is 2.51. The fourth-order valence-electron chi connectivity index (χ4n) is 0.588. The molecule has 0 atom stereocenters. The van der Waals surface area contributed by atoms with Gasteiger partial charge in [0.2, 0.25) is 5.79 Å². The molecule has 0 aliphatic carbocycles. The molecule has 1 aliphatic heterocycles. The molecule has 0 N–H and O–H groups in total. The van der Waals surface area contributed by atoms with E-state index in [0.29, 0.717) is 13.2 Å². The molecule has 1 fully saturated rings. The van der Waals surface area contributed by atoms with Crippen molar-refractivity contribution in [1.82, 2.24) is 0 Å². The van der Waals surface area contributed by atoms with Gasteiger partial charge in [0.1, 0.15) is 13.2 Å². The number of ether oxygens (including phenoxy) is 3. The predicted octanol–water partition coefficient (Wildman–Crippen LogP) is 0.00570. The molecule has 3 heteroatoms. The number of hydrogen-bond donors (Lipinski definition) is 0. The molecule has 1 rings (SSSR count). The highest BCUT2D eigenvalue weighted by molar-refractivity contribution is 4.75. The number of hydrogen-bond acceptors (Lipinski definition) is 3. The summed E-state index contributed by atoms with van der Waals surface area (Å²) in [6, 6.07) is 0. The molecule has 0 unspecified atom stereocenters. The maximum absolute atomic E-state index is 4.98. The van der Waals surface area contributed by atoms with Gasteiger partial charge in [0.15, 0.2) is 0 Å². The van der Waals surface area contributed by atoms with Crippen LogP contribution in [0.3, 0.4) is 0 Å². The van der Waals surface area contributed by atoms with Crippen LogP contribution in [0.2, 0.25) is 0 Å². The molecule has 1 aliphatic rings. The normalized spacial score (nSPS) is 24.8. The van der Waals surface area contributed by atoms with Crippen LogP contribution in [0, 0.1) is 0 Å². The van der Waals surface area contributed by atoms with Crippen molar-refractivity contribution in [1.29, 1.82) is 0 Å². The van der Waals surface area contributed by atoms with Gasteiger partial charge < -0.3 is 14.2 Å². The molecule has 0 bridgehead atoms. The Hall–Kier alpha value is -0.120. The van der Waals surface area contributed by atoms with Gasteiger partial charge in [-0.2, -0.15) is 0 Å². The second kappa shape index (κ2) is 2.01. The van der Waals surface area contributed by atoms with E-state index in [-0.39, 0.29) is 0 Å². The van der Waals surface area contributed by atoms with Gasteiger partial charge in [0.05, 0.1) is 0 Å². The van der Waals surface area contributed by atoms with Crippen molar-refractivity contribution in [3.05, 3.63) is 0 Å². The van der Waals surface area contributed by atoms with Crippen LogP contribution in [0.5, 0.6) is 0 Å². The molecule has 0 aromatic heterocycles. The Balaban J connectivity index is 2.33. The molecule has 0 spiro atoms. The fourth-order valence-corrected chi connectivity index (χ4v) is 0.588. The Bertz CT molecular complexity index is 64.2. The third kappa shape index (κ3) is 0.727. The Morgan fingerprint density at radius 2 is 1.75 bits per heavy atom. The van der Waals surface area contributed by atoms with Crippen molar-refractivity contribution in [2.75, 3.05) is 27.4 Å². The van der Waals surface area contributed by atoms with Crippen molar-refractivity contribution in [2.45, 2.75) is 5.79 Å². The maximum atomic E-state index is 4.98. The Morgan fingerprint density at radius 3 is 1.75 bits per heavy atom. The fraction of sp³-hybridized carbons (Fsp3) is 1.00. The van der Waals surface area contributed by atoms with E-state index in [0.717, 1.165) is 0 Å². The smallest absolute Gasteiger partial charge is 0.215 e. The minimum Gasteiger partial charge on any atom is -0.370 e. The van der Waals surface area contributed by atoms with Gasteiger partial charge in [-0.25, -0.2) is 0 Å². The van der Waals surface area contributed by atoms with Crippen LogP contribution >= 0.6 is 0 Å². The summed E-state index contributed by atoms with van der Waals surface area (Å²) in [7, 11) is 3.23. The maximum Gasteiger partial charge on any atom is 0.215 e. The van der Waals surface area contributed by atoms with E-state index in [2.05, 4.69) is 0 Å². The second-order valence-corrected chi connectivity index (χ2v) is 1.81. The summed E-state index contributed by atoms with van der Waals surface area (Å²) in [6.45, 7) is 1.11. The monoisotopic (exact) mass is 118 g/mol. The van der Waals surface area contributed by atoms with E-state index >= 15 is 0 Å². The van der Waals surface area contributed by atoms with Gasteiger partial charge in [-0.1, -0.05) is 0 Å². The van der Waals surface area contributed by atoms with Gasteiger partial charge in [0, 0.05) is 14.2 Å². The van der Waals surface area contributed by atoms with E-state index in [1.54, 1.807) is 14.2 Å². The van der Waals surface area contributed by atoms with Crippen LogP contribution in [-0.4, -0.2) is 33.2 Å². The minimum absolute atomic E-state index is 0.417. The van der Waals surface area contributed by atoms with E-state index in [9.17, 15) is 0 Å². The first kappa shape index (κ1) is 6.01. The van der Waals surface area contributed by atoms with Crippen LogP contribution in [0.25, 0.3) is 0 Å². The molecule has 1 heterocycles. The highest BCUT2D eigenvalue weighted by Crippen LogP contribution is 2.20. The first-order chi connectivity index (χ1) is 3.83. The molecule has 0 radical (unpaired) electrons. The Morgan fingerprint density at radius 1 is 1.25 bits per heavy atom. The molecule has 8 heavy (non-hydrogen) atoms. The average Bonchev–Trinajstić information content (AvgIpc) is 1.67. The average molecular weight is 118 g/mol. The number of methoxy groups -OCH3 is 2. The lowest BCUT2D eigenvalue weighted by molar-refractivity contribution is -0.322. The van der Waals surface area contributed by atoms with E-state index in [1.165, 1.54) is 0 Å². The van der Waals surface area contributed by atoms with Crippen molar-refractivity contribution < 1.29 is 14.2 Å². The zero-order valence-electron chi connectivity index (χ0n) is 5.14. The molecule has 48 valence electrons. The standard InChI is InChI=1S/C5H10O3/c1-6-5(7-2)3-8-4-5/h3-4H2,1-2H3. The predicted molar refractivity (Wildman–Crippen MR) is 27.6 cm³/mol. The summed E-state index contributed by atoms with van der Waals surface area (Å²) in [6.07, 6.45) is 0. The summed E-state index contributed by atoms with van der Waals surface area (Å²) in [5, 5.41) is 0. The third-order valence-corrected chi connectivity index (χ3v) is 1.39. The largest absolute Gasteiger partial charge is 0.370 e. The minimum atomic E-state index is -0.417. The summed E-state index contributed by atoms with van der Waals surface area (Å²) in [5.41, 5.74) is 0. The van der Waals surface area contributed by atoms with Gasteiger partial charge >= 0.3 is 0 Å². The Labute approximate surface area is 48.5 Å². The zero-order chi connectivity index (χ0) is 6.04. The first-order valence-electron chi connectivity index (χ1n) is 2.51. The van der Waals surface area contributed by atoms with Gasteiger partial charge in [0.25, 0.3) is 0 Å². The van der Waals surface area contributed by atoms with Gasteiger partial charge in [-0.05, 0) is 0 Å². The van der Waals surface area contributed by atoms with Crippen LogP contribution in [0.4, 0.5) is 0 Å². The van der Waals surface area contributed by atoms with Crippen LogP contribution in [-0.2, 0) is 14.2 Å². The lowest BCUT2D eigenvalue weighted by atomic mass is 10.2. The topological polar surface area (TPSA) is 27.7 Å². The quantitative estimate of drug-likeness (QED) is 0.478. The van der Waals surface area contributed by atoms with Gasteiger partial charge in [-0.3, -0.25) is 0 Å². The van der Waals surface area contributed by atoms with Crippen molar-refractivity contribution in [3.8, 4) is 0 Å². The molecule has 0 aromatic rings. The molecule has 0 saturated carbocycles. The molecule has 1 saturated heterocycles. The molecular formula is C5H10O3. The van der Waals surface area contributed by atoms with E-state index in [1.807, 2.05) is 0 Å². The summed E-state index contributed by atoms with van der Waals surface area (Å²) in [4.78, 5) is 0. The van der Waals surface area contributed by atoms with Crippen LogP contribution in [0.1, 0.15) is 0 Å². The Kier molecular flexibility index (Phi) is 1.51. The SMILES string of the molecule is COC1(OC)COC1. The lowest BCUT2D eigenvalue weighted by Crippen LogP contribution is -2.52. The van der Waals surface area contributed by atoms with Gasteiger partial charge in [-0.15, -0.1) is 0 Å². The molecule has 3 nitrogen and oxygen atoms in total. The third-order valence-electron chi connectivity index (χ3n) is 1.39. The second-order valence-electron chi connectivity index (χ2n) is 1.81. The van der Waals surface area contributed by atoms with Crippen LogP contribution in [0.15, 0.2) is 0 Å². The van der Waals surface area contributed by atoms with Crippen molar-refractivity contribution in [2.24, 2.45) is 0 Å². The molecule has 0 aromatic carbocycles. The lowest BCUT2D eigenvalue weighted by Gasteiger charge is -2.37. The van der Waals surface area contributed by atoms with E-state index in [4.69, 9.17) is 14.2 Å². The van der Waals surface area contributed by atoms with Crippen LogP contribution < -0.4 is 0 Å². The zero-order valence-corrected chi connectivity index (χ0v) is 5.14. The number of rotatable bonds is 2. The highest BCUT2D eigenvalue weighted by Gasteiger charge is 2.38. The van der Waals surface area contributed by atoms with Crippen molar-refractivity contribution in [3.63, 3.8) is 0 Å². The summed E-state index contributed by atoms with van der Waals surface area (Å²) in [5.74, 6) is -0.417. The van der Waals surface area contributed by atoms with E-state index < -0.39 is 5.79 Å². The van der Waals surface area contributed by atoms with Crippen molar-refractivity contribution >= 4 is 0 Å². The highest BCUT2D eigenvalue weighted by atomic mass is 16.7. The summed E-state index contributed by atoms with van der Waals surface area (Å²) < 4.78 is 14.8. The molecular weight excluding hydrogens is 108 g/mol.